The molecule has 0 fully saturated rings. The van der Waals surface area contributed by atoms with Crippen LogP contribution in [0.5, 0.6) is 5.75 Å². The van der Waals surface area contributed by atoms with Crippen LogP contribution in [0.1, 0.15) is 23.5 Å². The molecule has 1 aliphatic heterocycles. The van der Waals surface area contributed by atoms with Crippen molar-refractivity contribution in [3.63, 3.8) is 0 Å². The Morgan fingerprint density at radius 1 is 0.964 bits per heavy atom. The number of hydrogen-bond donors (Lipinski definition) is 0. The van der Waals surface area contributed by atoms with Crippen LogP contribution in [-0.2, 0) is 4.79 Å². The smallest absolute Gasteiger partial charge is 0.343 e. The average molecular weight is 395 g/mol. The van der Waals surface area contributed by atoms with Crippen LogP contribution in [0.25, 0.3) is 21.9 Å². The van der Waals surface area contributed by atoms with E-state index in [9.17, 15) is 14.4 Å². The molecule has 1 atom stereocenters. The highest BCUT2D eigenvalue weighted by Gasteiger charge is 2.35. The van der Waals surface area contributed by atoms with E-state index in [1.165, 1.54) is 12.3 Å². The topological polar surface area (TPSA) is 86.7 Å². The minimum Gasteiger partial charge on any atom is -0.464 e. The van der Waals surface area contributed by atoms with Crippen LogP contribution in [0.4, 0.5) is 0 Å². The SMILES string of the molecule is O=C1CC(c2coc3ccc(Cl)cc3c2=O)c2c(c3ccccc3oc2=O)O1. The Balaban J connectivity index is 1.82. The zero-order chi connectivity index (χ0) is 19.4. The van der Waals surface area contributed by atoms with Gasteiger partial charge in [0.25, 0.3) is 0 Å². The molecule has 138 valence electrons. The van der Waals surface area contributed by atoms with Crippen LogP contribution >= 0.6 is 11.6 Å². The van der Waals surface area contributed by atoms with Crippen LogP contribution in [-0.4, -0.2) is 5.97 Å². The van der Waals surface area contributed by atoms with Crippen LogP contribution in [0.3, 0.4) is 0 Å². The van der Waals surface area contributed by atoms with E-state index in [-0.39, 0.29) is 34.1 Å². The van der Waals surface area contributed by atoms with Crippen molar-refractivity contribution in [3.8, 4) is 5.75 Å². The van der Waals surface area contributed by atoms with Gasteiger partial charge < -0.3 is 13.6 Å². The number of halogens is 1. The van der Waals surface area contributed by atoms with Gasteiger partial charge in [0.2, 0.25) is 0 Å². The Kier molecular flexibility index (Phi) is 3.64. The molecule has 0 aliphatic carbocycles. The fraction of sp³-hybridized carbons (Fsp3) is 0.0952. The lowest BCUT2D eigenvalue weighted by molar-refractivity contribution is -0.135. The van der Waals surface area contributed by atoms with Gasteiger partial charge in [0.1, 0.15) is 11.2 Å². The lowest BCUT2D eigenvalue weighted by Gasteiger charge is -2.23. The second-order valence-electron chi connectivity index (χ2n) is 6.52. The summed E-state index contributed by atoms with van der Waals surface area (Å²) in [6.45, 7) is 0. The third kappa shape index (κ3) is 2.46. The lowest BCUT2D eigenvalue weighted by atomic mass is 9.87. The van der Waals surface area contributed by atoms with E-state index in [1.54, 1.807) is 36.4 Å². The summed E-state index contributed by atoms with van der Waals surface area (Å²) >= 11 is 6.00. The second-order valence-corrected chi connectivity index (χ2v) is 6.96. The van der Waals surface area contributed by atoms with Crippen LogP contribution in [0.15, 0.2) is 67.2 Å². The molecule has 4 aromatic rings. The first-order valence-electron chi connectivity index (χ1n) is 8.50. The maximum Gasteiger partial charge on any atom is 0.343 e. The predicted octanol–water partition coefficient (Wildman–Crippen LogP) is 3.99. The largest absolute Gasteiger partial charge is 0.464 e. The summed E-state index contributed by atoms with van der Waals surface area (Å²) < 4.78 is 16.3. The third-order valence-corrected chi connectivity index (χ3v) is 5.11. The van der Waals surface area contributed by atoms with Gasteiger partial charge in [-0.25, -0.2) is 4.79 Å². The van der Waals surface area contributed by atoms with Crippen molar-refractivity contribution in [1.82, 2.24) is 0 Å². The van der Waals surface area contributed by atoms with E-state index in [0.717, 1.165) is 0 Å². The summed E-state index contributed by atoms with van der Waals surface area (Å²) in [5.74, 6) is -1.26. The van der Waals surface area contributed by atoms with E-state index >= 15 is 0 Å². The first-order chi connectivity index (χ1) is 13.5. The van der Waals surface area contributed by atoms with Crippen molar-refractivity contribution >= 4 is 39.5 Å². The van der Waals surface area contributed by atoms with Gasteiger partial charge in [-0.3, -0.25) is 9.59 Å². The monoisotopic (exact) mass is 394 g/mol. The summed E-state index contributed by atoms with van der Waals surface area (Å²) in [5.41, 5.74) is -0.0414. The molecule has 2 aromatic carbocycles. The molecule has 7 heteroatoms. The minimum absolute atomic E-state index is 0.124. The number of ether oxygens (including phenoxy) is 1. The maximum absolute atomic E-state index is 13.1. The second kappa shape index (κ2) is 6.07. The summed E-state index contributed by atoms with van der Waals surface area (Å²) in [4.78, 5) is 38.0. The van der Waals surface area contributed by atoms with Crippen molar-refractivity contribution < 1.29 is 18.4 Å². The van der Waals surface area contributed by atoms with Crippen molar-refractivity contribution in [2.24, 2.45) is 0 Å². The molecule has 0 radical (unpaired) electrons. The van der Waals surface area contributed by atoms with Crippen molar-refractivity contribution in [1.29, 1.82) is 0 Å². The van der Waals surface area contributed by atoms with E-state index in [0.29, 0.717) is 21.6 Å². The lowest BCUT2D eigenvalue weighted by Crippen LogP contribution is -2.29. The molecule has 5 rings (SSSR count). The Bertz CT molecular complexity index is 1400. The first-order valence-corrected chi connectivity index (χ1v) is 8.88. The Morgan fingerprint density at radius 3 is 2.64 bits per heavy atom. The molecule has 0 bridgehead atoms. The van der Waals surface area contributed by atoms with Crippen molar-refractivity contribution in [3.05, 3.63) is 85.5 Å². The number of fused-ring (bicyclic) bond motifs is 4. The third-order valence-electron chi connectivity index (χ3n) is 4.87. The minimum atomic E-state index is -0.836. The van der Waals surface area contributed by atoms with Gasteiger partial charge in [0, 0.05) is 16.5 Å². The number of benzene rings is 2. The number of para-hydroxylation sites is 1. The molecule has 0 saturated carbocycles. The molecule has 0 amide bonds. The van der Waals surface area contributed by atoms with E-state index in [4.69, 9.17) is 25.2 Å². The van der Waals surface area contributed by atoms with Gasteiger partial charge in [-0.05, 0) is 30.3 Å². The van der Waals surface area contributed by atoms with Crippen LogP contribution in [0, 0.1) is 0 Å². The molecular weight excluding hydrogens is 384 g/mol. The fourth-order valence-electron chi connectivity index (χ4n) is 3.59. The zero-order valence-electron chi connectivity index (χ0n) is 14.2. The van der Waals surface area contributed by atoms with Gasteiger partial charge in [0.15, 0.2) is 11.2 Å². The number of rotatable bonds is 1. The van der Waals surface area contributed by atoms with Gasteiger partial charge in [-0.1, -0.05) is 23.7 Å². The Hall–Kier alpha value is -3.38. The molecule has 6 nitrogen and oxygen atoms in total. The molecule has 1 unspecified atom stereocenters. The molecule has 0 spiro atoms. The Labute approximate surface area is 161 Å². The van der Waals surface area contributed by atoms with Gasteiger partial charge >= 0.3 is 11.6 Å². The van der Waals surface area contributed by atoms with Crippen molar-refractivity contribution in [2.75, 3.05) is 0 Å². The van der Waals surface area contributed by atoms with Gasteiger partial charge in [-0.15, -0.1) is 0 Å². The summed E-state index contributed by atoms with van der Waals surface area (Å²) in [6.07, 6.45) is 1.10. The van der Waals surface area contributed by atoms with Gasteiger partial charge in [0.05, 0.1) is 29.0 Å². The highest BCUT2D eigenvalue weighted by Crippen LogP contribution is 2.40. The standard InChI is InChI=1S/C21H11ClO6/c22-10-5-6-15-13(7-10)19(24)14(9-26-15)12-8-17(23)28-20-11-3-1-2-4-16(11)27-21(25)18(12)20/h1-7,9,12H,8H2. The number of carbonyl (C=O) groups is 1. The van der Waals surface area contributed by atoms with E-state index < -0.39 is 17.5 Å². The van der Waals surface area contributed by atoms with Gasteiger partial charge in [-0.2, -0.15) is 0 Å². The molecule has 28 heavy (non-hydrogen) atoms. The normalized spacial score (nSPS) is 16.2. The molecule has 3 heterocycles. The molecule has 0 saturated heterocycles. The highest BCUT2D eigenvalue weighted by atomic mass is 35.5. The number of hydrogen-bond acceptors (Lipinski definition) is 6. The maximum atomic E-state index is 13.1. The fourth-order valence-corrected chi connectivity index (χ4v) is 3.77. The predicted molar refractivity (Wildman–Crippen MR) is 102 cm³/mol. The first kappa shape index (κ1) is 16.8. The molecular formula is C21H11ClO6. The Morgan fingerprint density at radius 2 is 1.79 bits per heavy atom. The highest BCUT2D eigenvalue weighted by molar-refractivity contribution is 6.31. The molecule has 2 aromatic heterocycles. The number of carbonyl (C=O) groups excluding carboxylic acids is 1. The van der Waals surface area contributed by atoms with Crippen molar-refractivity contribution in [2.45, 2.75) is 12.3 Å². The summed E-state index contributed by atoms with van der Waals surface area (Å²) in [7, 11) is 0. The van der Waals surface area contributed by atoms with Crippen LogP contribution in [0.2, 0.25) is 5.02 Å². The quantitative estimate of drug-likeness (QED) is 0.358. The molecule has 1 aliphatic rings. The van der Waals surface area contributed by atoms with E-state index in [2.05, 4.69) is 0 Å². The van der Waals surface area contributed by atoms with E-state index in [1.807, 2.05) is 0 Å². The summed E-state index contributed by atoms with van der Waals surface area (Å²) in [6, 6.07) is 11.5. The summed E-state index contributed by atoms with van der Waals surface area (Å²) in [5, 5.41) is 1.14. The zero-order valence-corrected chi connectivity index (χ0v) is 15.0. The number of esters is 1. The van der Waals surface area contributed by atoms with Crippen LogP contribution < -0.4 is 15.8 Å². The molecule has 0 N–H and O–H groups in total. The average Bonchev–Trinajstić information content (AvgIpc) is 2.68.